The van der Waals surface area contributed by atoms with Crippen LogP contribution in [0.1, 0.15) is 26.8 Å². The number of nitrogens with zero attached hydrogens (tertiary/aromatic N) is 3. The lowest BCUT2D eigenvalue weighted by Gasteiger charge is -2.16. The quantitative estimate of drug-likeness (QED) is 0.793. The Labute approximate surface area is 142 Å². The van der Waals surface area contributed by atoms with Gasteiger partial charge in [-0.1, -0.05) is 16.6 Å². The third-order valence-corrected chi connectivity index (χ3v) is 5.07. The maximum atomic E-state index is 13.2. The zero-order chi connectivity index (χ0) is 17.3. The summed E-state index contributed by atoms with van der Waals surface area (Å²) in [6.45, 7) is 2.34. The molecular weight excluding hydrogens is 333 g/mol. The molecule has 1 aromatic heterocycles. The van der Waals surface area contributed by atoms with Crippen LogP contribution in [0.15, 0.2) is 24.3 Å². The van der Waals surface area contributed by atoms with Gasteiger partial charge in [-0.2, -0.15) is 0 Å². The Balaban J connectivity index is 1.88. The number of hydrogen-bond donors (Lipinski definition) is 0. The van der Waals surface area contributed by atoms with Crippen LogP contribution >= 0.6 is 11.5 Å². The van der Waals surface area contributed by atoms with Crippen LogP contribution in [0.2, 0.25) is 0 Å². The lowest BCUT2D eigenvalue weighted by atomic mass is 9.89. The standard InChI is InChI=1S/C16H16FN3O3S/c1-9-14(24-19-18-9)15(21)20-7-12(13(8-20)16(22)23-2)10-3-5-11(17)6-4-10/h3-6,12-13H,7-8H2,1-2H3/t12-,13+/m1/s1. The molecule has 1 saturated heterocycles. The minimum Gasteiger partial charge on any atom is -0.469 e. The Morgan fingerprint density at radius 3 is 2.58 bits per heavy atom. The van der Waals surface area contributed by atoms with Gasteiger partial charge in [-0.25, -0.2) is 4.39 Å². The fourth-order valence-corrected chi connectivity index (χ4v) is 3.60. The van der Waals surface area contributed by atoms with E-state index in [2.05, 4.69) is 9.59 Å². The Morgan fingerprint density at radius 1 is 1.29 bits per heavy atom. The minimum atomic E-state index is -0.481. The topological polar surface area (TPSA) is 72.4 Å². The van der Waals surface area contributed by atoms with Crippen LogP contribution in [-0.4, -0.2) is 46.6 Å². The number of aryl methyl sites for hydroxylation is 1. The number of carbonyl (C=O) groups excluding carboxylic acids is 2. The number of aromatic nitrogens is 2. The second-order valence-corrected chi connectivity index (χ2v) is 6.44. The van der Waals surface area contributed by atoms with E-state index in [9.17, 15) is 14.0 Å². The molecule has 2 heterocycles. The highest BCUT2D eigenvalue weighted by atomic mass is 32.1. The number of benzene rings is 1. The third-order valence-electron chi connectivity index (χ3n) is 4.25. The van der Waals surface area contributed by atoms with Gasteiger partial charge in [-0.15, -0.1) is 5.10 Å². The predicted octanol–water partition coefficient (Wildman–Crippen LogP) is 2.01. The summed E-state index contributed by atoms with van der Waals surface area (Å²) in [4.78, 5) is 26.9. The Bertz CT molecular complexity index is 762. The maximum absolute atomic E-state index is 13.2. The molecule has 0 bridgehead atoms. The molecule has 0 aliphatic carbocycles. The van der Waals surface area contributed by atoms with Crippen molar-refractivity contribution in [2.75, 3.05) is 20.2 Å². The van der Waals surface area contributed by atoms with Crippen molar-refractivity contribution in [3.8, 4) is 0 Å². The first kappa shape index (κ1) is 16.5. The van der Waals surface area contributed by atoms with E-state index < -0.39 is 5.92 Å². The number of rotatable bonds is 3. The third kappa shape index (κ3) is 3.01. The molecule has 126 valence electrons. The summed E-state index contributed by atoms with van der Waals surface area (Å²) in [5.41, 5.74) is 1.38. The number of likely N-dealkylation sites (tertiary alicyclic amines) is 1. The molecule has 0 saturated carbocycles. The Morgan fingerprint density at radius 2 is 2.00 bits per heavy atom. The van der Waals surface area contributed by atoms with Gasteiger partial charge in [0.2, 0.25) is 0 Å². The van der Waals surface area contributed by atoms with Crippen LogP contribution < -0.4 is 0 Å². The second kappa shape index (κ2) is 6.64. The minimum absolute atomic E-state index is 0.194. The Kier molecular flexibility index (Phi) is 4.57. The molecule has 2 atom stereocenters. The molecule has 1 aliphatic heterocycles. The van der Waals surface area contributed by atoms with Crippen LogP contribution in [-0.2, 0) is 9.53 Å². The highest BCUT2D eigenvalue weighted by Crippen LogP contribution is 2.34. The molecule has 0 N–H and O–H groups in total. The van der Waals surface area contributed by atoms with Crippen molar-refractivity contribution in [3.63, 3.8) is 0 Å². The van der Waals surface area contributed by atoms with Crippen molar-refractivity contribution in [2.24, 2.45) is 5.92 Å². The first-order valence-electron chi connectivity index (χ1n) is 7.42. The number of amides is 1. The fraction of sp³-hybridized carbons (Fsp3) is 0.375. The molecule has 3 rings (SSSR count). The van der Waals surface area contributed by atoms with E-state index in [1.165, 1.54) is 19.2 Å². The van der Waals surface area contributed by atoms with Gasteiger partial charge < -0.3 is 9.64 Å². The number of hydrogen-bond acceptors (Lipinski definition) is 6. The average Bonchev–Trinajstić information content (AvgIpc) is 3.21. The van der Waals surface area contributed by atoms with E-state index in [4.69, 9.17) is 4.74 Å². The summed E-state index contributed by atoms with van der Waals surface area (Å²) in [6.07, 6.45) is 0. The lowest BCUT2D eigenvalue weighted by molar-refractivity contribution is -0.145. The molecule has 1 aromatic carbocycles. The Hall–Kier alpha value is -2.35. The van der Waals surface area contributed by atoms with Crippen LogP contribution in [0.3, 0.4) is 0 Å². The van der Waals surface area contributed by atoms with Gasteiger partial charge in [0.25, 0.3) is 5.91 Å². The zero-order valence-electron chi connectivity index (χ0n) is 13.2. The molecular formula is C16H16FN3O3S. The van der Waals surface area contributed by atoms with Gasteiger partial charge in [0, 0.05) is 19.0 Å². The smallest absolute Gasteiger partial charge is 0.311 e. The number of ether oxygens (including phenoxy) is 1. The van der Waals surface area contributed by atoms with Gasteiger partial charge in [0.1, 0.15) is 10.7 Å². The SMILES string of the molecule is COC(=O)[C@H]1CN(C(=O)c2snnc2C)C[C@@H]1c1ccc(F)cc1. The molecule has 8 heteroatoms. The molecule has 24 heavy (non-hydrogen) atoms. The van der Waals surface area contributed by atoms with Gasteiger partial charge >= 0.3 is 5.97 Å². The molecule has 0 unspecified atom stereocenters. The summed E-state index contributed by atoms with van der Waals surface area (Å²) in [6, 6.07) is 5.99. The number of methoxy groups -OCH3 is 1. The molecule has 1 aliphatic rings. The summed E-state index contributed by atoms with van der Waals surface area (Å²) < 4.78 is 21.8. The van der Waals surface area contributed by atoms with E-state index in [0.29, 0.717) is 17.1 Å². The highest BCUT2D eigenvalue weighted by molar-refractivity contribution is 7.07. The molecule has 2 aromatic rings. The summed E-state index contributed by atoms with van der Waals surface area (Å²) >= 11 is 1.04. The van der Waals surface area contributed by atoms with E-state index in [-0.39, 0.29) is 30.2 Å². The van der Waals surface area contributed by atoms with Crippen LogP contribution in [0.25, 0.3) is 0 Å². The average molecular weight is 349 g/mol. The summed E-state index contributed by atoms with van der Waals surface area (Å²) in [5.74, 6) is -1.63. The second-order valence-electron chi connectivity index (χ2n) is 5.69. The predicted molar refractivity (Wildman–Crippen MR) is 85.2 cm³/mol. The van der Waals surface area contributed by atoms with Gasteiger partial charge in [0.15, 0.2) is 0 Å². The number of halogens is 1. The zero-order valence-corrected chi connectivity index (χ0v) is 14.0. The van der Waals surface area contributed by atoms with Gasteiger partial charge in [0.05, 0.1) is 18.7 Å². The molecule has 0 radical (unpaired) electrons. The lowest BCUT2D eigenvalue weighted by Crippen LogP contribution is -2.30. The molecule has 1 fully saturated rings. The number of esters is 1. The van der Waals surface area contributed by atoms with Crippen molar-refractivity contribution in [1.29, 1.82) is 0 Å². The molecule has 0 spiro atoms. The van der Waals surface area contributed by atoms with Gasteiger partial charge in [-0.3, -0.25) is 9.59 Å². The van der Waals surface area contributed by atoms with E-state index in [1.54, 1.807) is 24.0 Å². The van der Waals surface area contributed by atoms with Crippen molar-refractivity contribution in [2.45, 2.75) is 12.8 Å². The van der Waals surface area contributed by atoms with Crippen molar-refractivity contribution in [3.05, 3.63) is 46.2 Å². The first-order valence-corrected chi connectivity index (χ1v) is 8.20. The first-order chi connectivity index (χ1) is 11.5. The monoisotopic (exact) mass is 349 g/mol. The van der Waals surface area contributed by atoms with E-state index in [1.807, 2.05) is 0 Å². The maximum Gasteiger partial charge on any atom is 0.311 e. The summed E-state index contributed by atoms with van der Waals surface area (Å²) in [5, 5.41) is 3.85. The molecule has 1 amide bonds. The normalized spacial score (nSPS) is 20.2. The molecule has 6 nitrogen and oxygen atoms in total. The van der Waals surface area contributed by atoms with E-state index >= 15 is 0 Å². The largest absolute Gasteiger partial charge is 0.469 e. The highest BCUT2D eigenvalue weighted by Gasteiger charge is 2.41. The van der Waals surface area contributed by atoms with Crippen LogP contribution in [0.5, 0.6) is 0 Å². The van der Waals surface area contributed by atoms with Crippen molar-refractivity contribution < 1.29 is 18.7 Å². The number of carbonyl (C=O) groups is 2. The van der Waals surface area contributed by atoms with Crippen LogP contribution in [0, 0.1) is 18.7 Å². The van der Waals surface area contributed by atoms with Gasteiger partial charge in [-0.05, 0) is 36.2 Å². The van der Waals surface area contributed by atoms with Crippen LogP contribution in [0.4, 0.5) is 4.39 Å². The van der Waals surface area contributed by atoms with Crippen molar-refractivity contribution in [1.82, 2.24) is 14.5 Å². The van der Waals surface area contributed by atoms with Crippen molar-refractivity contribution >= 4 is 23.4 Å². The fourth-order valence-electron chi connectivity index (χ4n) is 2.98. The summed E-state index contributed by atoms with van der Waals surface area (Å²) in [7, 11) is 1.33. The van der Waals surface area contributed by atoms with E-state index in [0.717, 1.165) is 17.1 Å².